The number of hydrogen-bond acceptors (Lipinski definition) is 5. The van der Waals surface area contributed by atoms with Gasteiger partial charge in [0, 0.05) is 12.8 Å². The van der Waals surface area contributed by atoms with Gasteiger partial charge in [-0.3, -0.25) is 9.59 Å². The molecule has 3 N–H and O–H groups in total. The maximum Gasteiger partial charge on any atom is 0.305 e. The van der Waals surface area contributed by atoms with Crippen molar-refractivity contribution < 1.29 is 24.5 Å². The Labute approximate surface area is 476 Å². The first kappa shape index (κ1) is 74.6. The normalized spacial score (nSPS) is 12.5. The number of allylic oxidation sites excluding steroid dienone is 2. The number of aliphatic hydroxyl groups excluding tert-OH is 2. The minimum atomic E-state index is -0.667. The highest BCUT2D eigenvalue weighted by atomic mass is 16.5. The fraction of sp³-hybridized carbons (Fsp3) is 0.943. The molecule has 0 radical (unpaired) electrons. The second kappa shape index (κ2) is 66.1. The summed E-state index contributed by atoms with van der Waals surface area (Å²) in [6.07, 6.45) is 81.0. The molecule has 2 unspecified atom stereocenters. The number of ether oxygens (including phenoxy) is 1. The van der Waals surface area contributed by atoms with E-state index in [0.717, 1.165) is 44.9 Å². The summed E-state index contributed by atoms with van der Waals surface area (Å²) in [6.45, 7) is 4.98. The van der Waals surface area contributed by atoms with Gasteiger partial charge in [-0.25, -0.2) is 0 Å². The number of rotatable bonds is 66. The standard InChI is InChI=1S/C70H137NO5/c1-3-5-7-9-11-13-15-17-19-21-22-23-24-25-26-28-31-34-38-42-46-50-54-58-62-68(73)67(66-72)71-69(74)63-59-55-51-47-43-39-35-32-29-27-30-33-37-41-45-49-53-57-61-65-76-70(75)64-60-56-52-48-44-40-36-20-18-16-14-12-10-8-6-4-2/h20,36,67-68,72-73H,3-19,21-35,37-66H2,1-2H3,(H,71,74)/b36-20-. The van der Waals surface area contributed by atoms with E-state index in [1.165, 1.54) is 321 Å². The van der Waals surface area contributed by atoms with E-state index in [4.69, 9.17) is 4.74 Å². The molecule has 0 saturated heterocycles. The molecule has 6 nitrogen and oxygen atoms in total. The van der Waals surface area contributed by atoms with Crippen LogP contribution in [0.3, 0.4) is 0 Å². The molecule has 452 valence electrons. The summed E-state index contributed by atoms with van der Waals surface area (Å²) in [4.78, 5) is 24.6. The summed E-state index contributed by atoms with van der Waals surface area (Å²) >= 11 is 0. The summed E-state index contributed by atoms with van der Waals surface area (Å²) in [7, 11) is 0. The third kappa shape index (κ3) is 61.8. The number of amides is 1. The van der Waals surface area contributed by atoms with Gasteiger partial charge in [-0.05, 0) is 51.4 Å². The third-order valence-electron chi connectivity index (χ3n) is 16.6. The molecule has 76 heavy (non-hydrogen) atoms. The van der Waals surface area contributed by atoms with Crippen LogP contribution in [0.5, 0.6) is 0 Å². The van der Waals surface area contributed by atoms with Crippen molar-refractivity contribution in [2.75, 3.05) is 13.2 Å². The van der Waals surface area contributed by atoms with Gasteiger partial charge in [-0.1, -0.05) is 347 Å². The van der Waals surface area contributed by atoms with E-state index < -0.39 is 12.1 Å². The topological polar surface area (TPSA) is 95.9 Å². The predicted octanol–water partition coefficient (Wildman–Crippen LogP) is 22.4. The zero-order valence-electron chi connectivity index (χ0n) is 51.8. The summed E-state index contributed by atoms with van der Waals surface area (Å²) in [5, 5.41) is 23.4. The minimum Gasteiger partial charge on any atom is -0.466 e. The molecule has 1 amide bonds. The van der Waals surface area contributed by atoms with Gasteiger partial charge < -0.3 is 20.3 Å². The van der Waals surface area contributed by atoms with Crippen LogP contribution < -0.4 is 5.32 Å². The second-order valence-electron chi connectivity index (χ2n) is 24.2. The molecule has 2 atom stereocenters. The van der Waals surface area contributed by atoms with E-state index in [1.807, 2.05) is 0 Å². The van der Waals surface area contributed by atoms with E-state index in [9.17, 15) is 19.8 Å². The van der Waals surface area contributed by atoms with Gasteiger partial charge in [-0.15, -0.1) is 0 Å². The van der Waals surface area contributed by atoms with Gasteiger partial charge >= 0.3 is 5.97 Å². The second-order valence-corrected chi connectivity index (χ2v) is 24.2. The van der Waals surface area contributed by atoms with Crippen LogP contribution >= 0.6 is 0 Å². The number of esters is 1. The Bertz CT molecular complexity index is 1140. The fourth-order valence-electron chi connectivity index (χ4n) is 11.2. The lowest BCUT2D eigenvalue weighted by atomic mass is 10.0. The zero-order chi connectivity index (χ0) is 55.0. The Morgan fingerprint density at radius 2 is 0.618 bits per heavy atom. The van der Waals surface area contributed by atoms with Gasteiger partial charge in [0.1, 0.15) is 0 Å². The Morgan fingerprint density at radius 1 is 0.355 bits per heavy atom. The molecule has 0 fully saturated rings. The van der Waals surface area contributed by atoms with E-state index in [-0.39, 0.29) is 18.5 Å². The van der Waals surface area contributed by atoms with Crippen molar-refractivity contribution in [3.05, 3.63) is 12.2 Å². The van der Waals surface area contributed by atoms with Crippen molar-refractivity contribution in [2.45, 2.75) is 411 Å². The Morgan fingerprint density at radius 3 is 0.934 bits per heavy atom. The first-order valence-electron chi connectivity index (χ1n) is 34.9. The highest BCUT2D eigenvalue weighted by molar-refractivity contribution is 5.76. The molecule has 0 aliphatic carbocycles. The van der Waals surface area contributed by atoms with Gasteiger partial charge in [0.05, 0.1) is 25.4 Å². The van der Waals surface area contributed by atoms with Crippen molar-refractivity contribution in [3.8, 4) is 0 Å². The number of carbonyl (C=O) groups excluding carboxylic acids is 2. The van der Waals surface area contributed by atoms with Crippen LogP contribution in [0.25, 0.3) is 0 Å². The average Bonchev–Trinajstić information content (AvgIpc) is 3.42. The number of nitrogens with one attached hydrogen (secondary N) is 1. The van der Waals surface area contributed by atoms with E-state index in [0.29, 0.717) is 25.9 Å². The highest BCUT2D eigenvalue weighted by Crippen LogP contribution is 2.19. The lowest BCUT2D eigenvalue weighted by molar-refractivity contribution is -0.143. The predicted molar refractivity (Wildman–Crippen MR) is 333 cm³/mol. The fourth-order valence-corrected chi connectivity index (χ4v) is 11.2. The van der Waals surface area contributed by atoms with Crippen LogP contribution in [0.4, 0.5) is 0 Å². The number of hydrogen-bond donors (Lipinski definition) is 3. The maximum atomic E-state index is 12.6. The molecular formula is C70H137NO5. The summed E-state index contributed by atoms with van der Waals surface area (Å²) in [5.41, 5.74) is 0. The quantitative estimate of drug-likeness (QED) is 0.0320. The monoisotopic (exact) mass is 1070 g/mol. The smallest absolute Gasteiger partial charge is 0.305 e. The lowest BCUT2D eigenvalue weighted by Crippen LogP contribution is -2.45. The molecule has 0 heterocycles. The van der Waals surface area contributed by atoms with Crippen LogP contribution in [0, 0.1) is 0 Å². The molecule has 0 rings (SSSR count). The summed E-state index contributed by atoms with van der Waals surface area (Å²) in [5.74, 6) is -0.0296. The van der Waals surface area contributed by atoms with Crippen LogP contribution in [-0.4, -0.2) is 47.4 Å². The van der Waals surface area contributed by atoms with Gasteiger partial charge in [0.25, 0.3) is 0 Å². The molecule has 0 aromatic rings. The zero-order valence-corrected chi connectivity index (χ0v) is 51.8. The van der Waals surface area contributed by atoms with Crippen LogP contribution in [0.15, 0.2) is 12.2 Å². The molecular weight excluding hydrogens is 935 g/mol. The summed E-state index contributed by atoms with van der Waals surface area (Å²) < 4.78 is 5.49. The number of carbonyl (C=O) groups is 2. The largest absolute Gasteiger partial charge is 0.466 e. The molecule has 0 aromatic carbocycles. The highest BCUT2D eigenvalue weighted by Gasteiger charge is 2.20. The van der Waals surface area contributed by atoms with E-state index in [2.05, 4.69) is 31.3 Å². The van der Waals surface area contributed by atoms with E-state index >= 15 is 0 Å². The van der Waals surface area contributed by atoms with Crippen molar-refractivity contribution in [1.82, 2.24) is 5.32 Å². The first-order valence-corrected chi connectivity index (χ1v) is 34.9. The van der Waals surface area contributed by atoms with E-state index in [1.54, 1.807) is 0 Å². The van der Waals surface area contributed by atoms with Crippen LogP contribution in [0.2, 0.25) is 0 Å². The number of unbranched alkanes of at least 4 members (excludes halogenated alkanes) is 53. The molecule has 0 bridgehead atoms. The molecule has 0 aliphatic heterocycles. The van der Waals surface area contributed by atoms with Gasteiger partial charge in [0.15, 0.2) is 0 Å². The molecule has 0 spiro atoms. The molecule has 0 saturated carbocycles. The van der Waals surface area contributed by atoms with Crippen molar-refractivity contribution in [2.24, 2.45) is 0 Å². The molecule has 6 heteroatoms. The Balaban J connectivity index is 3.39. The third-order valence-corrected chi connectivity index (χ3v) is 16.6. The van der Waals surface area contributed by atoms with Crippen LogP contribution in [-0.2, 0) is 14.3 Å². The van der Waals surface area contributed by atoms with Gasteiger partial charge in [-0.2, -0.15) is 0 Å². The van der Waals surface area contributed by atoms with Crippen molar-refractivity contribution in [1.29, 1.82) is 0 Å². The lowest BCUT2D eigenvalue weighted by Gasteiger charge is -2.22. The minimum absolute atomic E-state index is 0.00314. The SMILES string of the molecule is CCCCCCCCC/C=C\CCCCCCCC(=O)OCCCCCCCCCCCCCCCCCCCCCC(=O)NC(CO)C(O)CCCCCCCCCCCCCCCCCCCCCCCCCC. The number of aliphatic hydroxyl groups is 2. The van der Waals surface area contributed by atoms with Crippen molar-refractivity contribution >= 4 is 11.9 Å². The summed E-state index contributed by atoms with van der Waals surface area (Å²) in [6, 6.07) is -0.545. The Hall–Kier alpha value is -1.40. The van der Waals surface area contributed by atoms with Crippen molar-refractivity contribution in [3.63, 3.8) is 0 Å². The molecule has 0 aliphatic rings. The van der Waals surface area contributed by atoms with Gasteiger partial charge in [0.2, 0.25) is 5.91 Å². The van der Waals surface area contributed by atoms with Crippen LogP contribution in [0.1, 0.15) is 399 Å². The maximum absolute atomic E-state index is 12.6. The average molecular weight is 1070 g/mol. The molecule has 0 aromatic heterocycles. The Kier molecular flexibility index (Phi) is 64.9. The first-order chi connectivity index (χ1) is 37.5.